The molecule has 0 amide bonds. The van der Waals surface area contributed by atoms with Crippen LogP contribution in [-0.2, 0) is 6.54 Å². The number of oxazole rings is 1. The van der Waals surface area contributed by atoms with Gasteiger partial charge >= 0.3 is 0 Å². The van der Waals surface area contributed by atoms with Gasteiger partial charge in [0.15, 0.2) is 5.76 Å². The molecule has 0 fully saturated rings. The number of thiophene rings is 1. The monoisotopic (exact) mass is 250 g/mol. The number of aryl methyl sites for hydroxylation is 1. The van der Waals surface area contributed by atoms with Crippen LogP contribution in [0, 0.1) is 6.92 Å². The summed E-state index contributed by atoms with van der Waals surface area (Å²) in [5.41, 5.74) is 1.31. The van der Waals surface area contributed by atoms with Gasteiger partial charge < -0.3 is 9.73 Å². The Morgan fingerprint density at radius 3 is 2.76 bits per heavy atom. The van der Waals surface area contributed by atoms with Gasteiger partial charge in [-0.3, -0.25) is 0 Å². The van der Waals surface area contributed by atoms with Crippen LogP contribution in [0.2, 0.25) is 0 Å². The molecule has 0 radical (unpaired) electrons. The van der Waals surface area contributed by atoms with Crippen LogP contribution in [0.15, 0.2) is 22.1 Å². The molecule has 0 unspecified atom stereocenters. The van der Waals surface area contributed by atoms with E-state index in [0.717, 1.165) is 11.7 Å². The first kappa shape index (κ1) is 12.3. The molecule has 2 rings (SSSR count). The summed E-state index contributed by atoms with van der Waals surface area (Å²) in [5.74, 6) is 1.60. The van der Waals surface area contributed by atoms with E-state index in [1.54, 1.807) is 17.5 Å². The van der Waals surface area contributed by atoms with Crippen molar-refractivity contribution in [1.29, 1.82) is 0 Å². The topological polar surface area (TPSA) is 38.1 Å². The highest BCUT2D eigenvalue weighted by molar-refractivity contribution is 7.13. The molecular formula is C13H18N2OS. The maximum atomic E-state index is 5.74. The third-order valence-corrected chi connectivity index (χ3v) is 3.44. The van der Waals surface area contributed by atoms with Crippen molar-refractivity contribution in [3.8, 4) is 10.6 Å². The Balaban J connectivity index is 2.09. The fourth-order valence-corrected chi connectivity index (χ4v) is 2.34. The summed E-state index contributed by atoms with van der Waals surface area (Å²) in [4.78, 5) is 5.46. The smallest absolute Gasteiger partial charge is 0.208 e. The van der Waals surface area contributed by atoms with Gasteiger partial charge in [-0.2, -0.15) is 0 Å². The van der Waals surface area contributed by atoms with E-state index in [4.69, 9.17) is 4.42 Å². The Hall–Kier alpha value is -1.13. The third-order valence-electron chi connectivity index (χ3n) is 2.41. The molecule has 2 aromatic rings. The Morgan fingerprint density at radius 1 is 1.41 bits per heavy atom. The summed E-state index contributed by atoms with van der Waals surface area (Å²) in [6.07, 6.45) is 1.80. The standard InChI is InChI=1S/C13H18N2OS/c1-9-5-6-17-12(9)10-7-14-11(16-10)8-15-13(2,3)4/h5-7,15H,8H2,1-4H3. The van der Waals surface area contributed by atoms with Crippen molar-refractivity contribution < 1.29 is 4.42 Å². The van der Waals surface area contributed by atoms with Crippen LogP contribution in [0.3, 0.4) is 0 Å². The summed E-state index contributed by atoms with van der Waals surface area (Å²) in [5, 5.41) is 5.43. The number of hydrogen-bond donors (Lipinski definition) is 1. The number of aromatic nitrogens is 1. The van der Waals surface area contributed by atoms with E-state index in [0.29, 0.717) is 6.54 Å². The van der Waals surface area contributed by atoms with Gasteiger partial charge in [0.2, 0.25) is 5.89 Å². The zero-order valence-corrected chi connectivity index (χ0v) is 11.5. The van der Waals surface area contributed by atoms with Crippen LogP contribution in [0.25, 0.3) is 10.6 Å². The van der Waals surface area contributed by atoms with Gasteiger partial charge in [-0.25, -0.2) is 4.98 Å². The maximum absolute atomic E-state index is 5.74. The highest BCUT2D eigenvalue weighted by Gasteiger charge is 2.13. The molecule has 17 heavy (non-hydrogen) atoms. The fraction of sp³-hybridized carbons (Fsp3) is 0.462. The minimum absolute atomic E-state index is 0.0769. The Labute approximate surface area is 106 Å². The van der Waals surface area contributed by atoms with Crippen molar-refractivity contribution in [2.24, 2.45) is 0 Å². The fourth-order valence-electron chi connectivity index (χ4n) is 1.46. The molecule has 2 aromatic heterocycles. The van der Waals surface area contributed by atoms with Crippen LogP contribution in [0.4, 0.5) is 0 Å². The van der Waals surface area contributed by atoms with E-state index in [2.05, 4.69) is 49.4 Å². The Bertz CT molecular complexity index is 493. The predicted molar refractivity (Wildman–Crippen MR) is 71.1 cm³/mol. The van der Waals surface area contributed by atoms with Crippen LogP contribution < -0.4 is 5.32 Å². The van der Waals surface area contributed by atoms with E-state index in [9.17, 15) is 0 Å². The molecule has 1 N–H and O–H groups in total. The van der Waals surface area contributed by atoms with Crippen molar-refractivity contribution in [3.63, 3.8) is 0 Å². The summed E-state index contributed by atoms with van der Waals surface area (Å²) in [6, 6.07) is 2.09. The highest BCUT2D eigenvalue weighted by Crippen LogP contribution is 2.29. The number of rotatable bonds is 3. The average molecular weight is 250 g/mol. The predicted octanol–water partition coefficient (Wildman–Crippen LogP) is 3.60. The molecule has 0 aromatic carbocycles. The first-order valence-corrected chi connectivity index (χ1v) is 6.58. The SMILES string of the molecule is Cc1ccsc1-c1cnc(CNC(C)(C)C)o1. The van der Waals surface area contributed by atoms with E-state index >= 15 is 0 Å². The quantitative estimate of drug-likeness (QED) is 0.904. The zero-order valence-electron chi connectivity index (χ0n) is 10.7. The summed E-state index contributed by atoms with van der Waals surface area (Å²) < 4.78 is 5.74. The molecule has 92 valence electrons. The van der Waals surface area contributed by atoms with Gasteiger partial charge in [0.05, 0.1) is 17.6 Å². The van der Waals surface area contributed by atoms with Gasteiger partial charge in [0.1, 0.15) is 0 Å². The summed E-state index contributed by atoms with van der Waals surface area (Å²) >= 11 is 1.69. The minimum atomic E-state index is 0.0769. The first-order valence-electron chi connectivity index (χ1n) is 5.70. The first-order chi connectivity index (χ1) is 7.96. The van der Waals surface area contributed by atoms with Crippen molar-refractivity contribution in [2.45, 2.75) is 39.8 Å². The lowest BCUT2D eigenvalue weighted by molar-refractivity contribution is 0.384. The van der Waals surface area contributed by atoms with Gasteiger partial charge in [-0.05, 0) is 44.7 Å². The van der Waals surface area contributed by atoms with E-state index in [1.165, 1.54) is 10.4 Å². The Kier molecular flexibility index (Phi) is 3.35. The summed E-state index contributed by atoms with van der Waals surface area (Å²) in [6.45, 7) is 9.12. The molecule has 3 nitrogen and oxygen atoms in total. The molecule has 0 saturated carbocycles. The molecule has 0 aliphatic carbocycles. The van der Waals surface area contributed by atoms with Crippen LogP contribution in [0.1, 0.15) is 32.2 Å². The number of hydrogen-bond acceptors (Lipinski definition) is 4. The van der Waals surface area contributed by atoms with Gasteiger partial charge in [0, 0.05) is 5.54 Å². The second kappa shape index (κ2) is 4.63. The van der Waals surface area contributed by atoms with Crippen molar-refractivity contribution in [2.75, 3.05) is 0 Å². The van der Waals surface area contributed by atoms with E-state index < -0.39 is 0 Å². The lowest BCUT2D eigenvalue weighted by Crippen LogP contribution is -2.35. The lowest BCUT2D eigenvalue weighted by Gasteiger charge is -2.18. The highest BCUT2D eigenvalue weighted by atomic mass is 32.1. The second-order valence-electron chi connectivity index (χ2n) is 5.15. The van der Waals surface area contributed by atoms with Crippen molar-refractivity contribution in [3.05, 3.63) is 29.1 Å². The van der Waals surface area contributed by atoms with Crippen LogP contribution >= 0.6 is 11.3 Å². The maximum Gasteiger partial charge on any atom is 0.208 e. The largest absolute Gasteiger partial charge is 0.438 e. The average Bonchev–Trinajstić information content (AvgIpc) is 2.81. The second-order valence-corrected chi connectivity index (χ2v) is 6.07. The lowest BCUT2D eigenvalue weighted by atomic mass is 10.1. The van der Waals surface area contributed by atoms with Crippen molar-refractivity contribution >= 4 is 11.3 Å². The van der Waals surface area contributed by atoms with E-state index in [1.807, 2.05) is 0 Å². The van der Waals surface area contributed by atoms with Gasteiger partial charge in [0.25, 0.3) is 0 Å². The van der Waals surface area contributed by atoms with Crippen LogP contribution in [-0.4, -0.2) is 10.5 Å². The molecule has 4 heteroatoms. The van der Waals surface area contributed by atoms with Crippen LogP contribution in [0.5, 0.6) is 0 Å². The van der Waals surface area contributed by atoms with Gasteiger partial charge in [-0.1, -0.05) is 0 Å². The molecule has 0 bridgehead atoms. The molecule has 2 heterocycles. The number of nitrogens with zero attached hydrogens (tertiary/aromatic N) is 1. The molecule has 0 aliphatic rings. The molecule has 0 saturated heterocycles. The van der Waals surface area contributed by atoms with E-state index in [-0.39, 0.29) is 5.54 Å². The summed E-state index contributed by atoms with van der Waals surface area (Å²) in [7, 11) is 0. The third kappa shape index (κ3) is 3.17. The zero-order chi connectivity index (χ0) is 12.5. The molecule has 0 aliphatic heterocycles. The van der Waals surface area contributed by atoms with Crippen molar-refractivity contribution in [1.82, 2.24) is 10.3 Å². The minimum Gasteiger partial charge on any atom is -0.438 e. The molecule has 0 spiro atoms. The number of nitrogens with one attached hydrogen (secondary N) is 1. The molecule has 0 atom stereocenters. The molecular weight excluding hydrogens is 232 g/mol. The van der Waals surface area contributed by atoms with Gasteiger partial charge in [-0.15, -0.1) is 11.3 Å². The Morgan fingerprint density at radius 2 is 2.18 bits per heavy atom. The normalized spacial score (nSPS) is 12.0.